The van der Waals surface area contributed by atoms with Gasteiger partial charge in [-0.05, 0) is 18.2 Å². The van der Waals surface area contributed by atoms with E-state index in [9.17, 15) is 0 Å². The fourth-order valence-corrected chi connectivity index (χ4v) is 1.40. The summed E-state index contributed by atoms with van der Waals surface area (Å²) in [7, 11) is 0. The highest BCUT2D eigenvalue weighted by molar-refractivity contribution is 5.20. The maximum absolute atomic E-state index is 5.55. The summed E-state index contributed by atoms with van der Waals surface area (Å²) in [5.74, 6) is 0.899. The summed E-state index contributed by atoms with van der Waals surface area (Å²) in [4.78, 5) is 7.99. The first-order valence-electron chi connectivity index (χ1n) is 5.58. The Kier molecular flexibility index (Phi) is 4.48. The molecule has 0 spiro atoms. The number of nitrogens with one attached hydrogen (secondary N) is 1. The molecule has 0 saturated carbocycles. The molecule has 0 aliphatic heterocycles. The second kappa shape index (κ2) is 6.60. The van der Waals surface area contributed by atoms with Gasteiger partial charge >= 0.3 is 0 Å². The Morgan fingerprint density at radius 2 is 2.00 bits per heavy atom. The minimum atomic E-state index is 0.648. The second-order valence-corrected chi connectivity index (χ2v) is 3.54. The molecule has 4 nitrogen and oxygen atoms in total. The van der Waals surface area contributed by atoms with Crippen molar-refractivity contribution in [1.82, 2.24) is 15.3 Å². The van der Waals surface area contributed by atoms with Crippen molar-refractivity contribution in [3.05, 3.63) is 54.6 Å². The molecule has 0 fully saturated rings. The second-order valence-electron chi connectivity index (χ2n) is 3.54. The van der Waals surface area contributed by atoms with Crippen LogP contribution in [-0.2, 0) is 6.54 Å². The molecule has 1 aromatic carbocycles. The molecule has 2 rings (SSSR count). The Morgan fingerprint density at radius 3 is 2.76 bits per heavy atom. The Hall–Kier alpha value is -1.94. The SMILES string of the molecule is c1ccc(OCCNCc2ccncn2)cc1. The first-order chi connectivity index (χ1) is 8.45. The molecule has 0 radical (unpaired) electrons. The highest BCUT2D eigenvalue weighted by Crippen LogP contribution is 2.07. The van der Waals surface area contributed by atoms with Gasteiger partial charge in [0.05, 0.1) is 5.69 Å². The van der Waals surface area contributed by atoms with Gasteiger partial charge in [0.25, 0.3) is 0 Å². The van der Waals surface area contributed by atoms with Crippen molar-refractivity contribution in [3.8, 4) is 5.75 Å². The number of nitrogens with zero attached hydrogens (tertiary/aromatic N) is 2. The summed E-state index contributed by atoms with van der Waals surface area (Å²) in [5.41, 5.74) is 0.986. The molecule has 0 unspecified atom stereocenters. The zero-order valence-electron chi connectivity index (χ0n) is 9.54. The molecule has 1 heterocycles. The van der Waals surface area contributed by atoms with Crippen LogP contribution in [0.25, 0.3) is 0 Å². The Bertz CT molecular complexity index is 378. The fraction of sp³-hybridized carbons (Fsp3) is 0.231. The highest BCUT2D eigenvalue weighted by Gasteiger charge is 1.93. The van der Waals surface area contributed by atoms with E-state index in [0.717, 1.165) is 24.5 Å². The molecule has 0 amide bonds. The maximum Gasteiger partial charge on any atom is 0.119 e. The van der Waals surface area contributed by atoms with Crippen LogP contribution in [0, 0.1) is 0 Å². The number of ether oxygens (including phenoxy) is 1. The minimum absolute atomic E-state index is 0.648. The van der Waals surface area contributed by atoms with E-state index in [-0.39, 0.29) is 0 Å². The standard InChI is InChI=1S/C13H15N3O/c1-2-4-13(5-3-1)17-9-8-14-10-12-6-7-15-11-16-12/h1-7,11,14H,8-10H2. The lowest BCUT2D eigenvalue weighted by molar-refractivity contribution is 0.313. The number of hydrogen-bond donors (Lipinski definition) is 1. The molecule has 0 aliphatic rings. The van der Waals surface area contributed by atoms with E-state index in [0.29, 0.717) is 6.61 Å². The zero-order chi connectivity index (χ0) is 11.8. The smallest absolute Gasteiger partial charge is 0.119 e. The molecular weight excluding hydrogens is 214 g/mol. The van der Waals surface area contributed by atoms with E-state index in [1.165, 1.54) is 0 Å². The van der Waals surface area contributed by atoms with Gasteiger partial charge in [-0.15, -0.1) is 0 Å². The van der Waals surface area contributed by atoms with Crippen LogP contribution in [0.15, 0.2) is 48.9 Å². The molecule has 1 aromatic heterocycles. The third kappa shape index (κ3) is 4.20. The quantitative estimate of drug-likeness (QED) is 0.765. The van der Waals surface area contributed by atoms with E-state index in [1.807, 2.05) is 36.4 Å². The average molecular weight is 229 g/mol. The van der Waals surface area contributed by atoms with Gasteiger partial charge in [-0.3, -0.25) is 0 Å². The normalized spacial score (nSPS) is 10.1. The Balaban J connectivity index is 1.61. The summed E-state index contributed by atoms with van der Waals surface area (Å²) in [6, 6.07) is 11.7. The predicted octanol–water partition coefficient (Wildman–Crippen LogP) is 1.65. The van der Waals surface area contributed by atoms with Crippen LogP contribution in [-0.4, -0.2) is 23.1 Å². The first-order valence-corrected chi connectivity index (χ1v) is 5.58. The van der Waals surface area contributed by atoms with E-state index < -0.39 is 0 Å². The molecule has 2 aromatic rings. The molecule has 0 aliphatic carbocycles. The molecule has 1 N–H and O–H groups in total. The van der Waals surface area contributed by atoms with Crippen molar-refractivity contribution < 1.29 is 4.74 Å². The van der Waals surface area contributed by atoms with Gasteiger partial charge in [0, 0.05) is 19.3 Å². The van der Waals surface area contributed by atoms with Crippen molar-refractivity contribution >= 4 is 0 Å². The summed E-state index contributed by atoms with van der Waals surface area (Å²) < 4.78 is 5.55. The van der Waals surface area contributed by atoms with Crippen molar-refractivity contribution in [2.24, 2.45) is 0 Å². The lowest BCUT2D eigenvalue weighted by Crippen LogP contribution is -2.21. The van der Waals surface area contributed by atoms with Gasteiger partial charge in [-0.1, -0.05) is 18.2 Å². The average Bonchev–Trinajstić information content (AvgIpc) is 2.41. The maximum atomic E-state index is 5.55. The summed E-state index contributed by atoms with van der Waals surface area (Å²) in [5, 5.41) is 3.26. The number of benzene rings is 1. The molecular formula is C13H15N3O. The lowest BCUT2D eigenvalue weighted by Gasteiger charge is -2.06. The minimum Gasteiger partial charge on any atom is -0.492 e. The van der Waals surface area contributed by atoms with Crippen molar-refractivity contribution in [2.45, 2.75) is 6.54 Å². The molecule has 4 heteroatoms. The predicted molar refractivity (Wildman–Crippen MR) is 65.7 cm³/mol. The van der Waals surface area contributed by atoms with Gasteiger partial charge in [0.2, 0.25) is 0 Å². The number of hydrogen-bond acceptors (Lipinski definition) is 4. The van der Waals surface area contributed by atoms with Gasteiger partial charge in [0.1, 0.15) is 18.7 Å². The van der Waals surface area contributed by atoms with Crippen LogP contribution in [0.2, 0.25) is 0 Å². The fourth-order valence-electron chi connectivity index (χ4n) is 1.40. The van der Waals surface area contributed by atoms with Crippen LogP contribution in [0.1, 0.15) is 5.69 Å². The van der Waals surface area contributed by atoms with Crippen molar-refractivity contribution in [3.63, 3.8) is 0 Å². The highest BCUT2D eigenvalue weighted by atomic mass is 16.5. The number of aromatic nitrogens is 2. The number of rotatable bonds is 6. The largest absolute Gasteiger partial charge is 0.492 e. The zero-order valence-corrected chi connectivity index (χ0v) is 9.54. The third-order valence-electron chi connectivity index (χ3n) is 2.24. The molecule has 17 heavy (non-hydrogen) atoms. The Labute approximate surface area is 101 Å². The van der Waals surface area contributed by atoms with Crippen LogP contribution < -0.4 is 10.1 Å². The van der Waals surface area contributed by atoms with E-state index >= 15 is 0 Å². The monoisotopic (exact) mass is 229 g/mol. The van der Waals surface area contributed by atoms with Crippen molar-refractivity contribution in [2.75, 3.05) is 13.2 Å². The van der Waals surface area contributed by atoms with Gasteiger partial charge in [-0.2, -0.15) is 0 Å². The topological polar surface area (TPSA) is 47.0 Å². The van der Waals surface area contributed by atoms with Gasteiger partial charge in [0.15, 0.2) is 0 Å². The van der Waals surface area contributed by atoms with Gasteiger partial charge < -0.3 is 10.1 Å². The van der Waals surface area contributed by atoms with Crippen LogP contribution in [0.3, 0.4) is 0 Å². The molecule has 0 saturated heterocycles. The summed E-state index contributed by atoms with van der Waals surface area (Å²) >= 11 is 0. The molecule has 0 atom stereocenters. The van der Waals surface area contributed by atoms with E-state index in [1.54, 1.807) is 12.5 Å². The van der Waals surface area contributed by atoms with E-state index in [4.69, 9.17) is 4.74 Å². The lowest BCUT2D eigenvalue weighted by atomic mass is 10.3. The summed E-state index contributed by atoms with van der Waals surface area (Å²) in [6.45, 7) is 2.18. The summed E-state index contributed by atoms with van der Waals surface area (Å²) in [6.07, 6.45) is 3.29. The van der Waals surface area contributed by atoms with E-state index in [2.05, 4.69) is 15.3 Å². The van der Waals surface area contributed by atoms with Gasteiger partial charge in [-0.25, -0.2) is 9.97 Å². The van der Waals surface area contributed by atoms with Crippen LogP contribution in [0.4, 0.5) is 0 Å². The van der Waals surface area contributed by atoms with Crippen molar-refractivity contribution in [1.29, 1.82) is 0 Å². The first kappa shape index (κ1) is 11.5. The molecule has 0 bridgehead atoms. The molecule has 88 valence electrons. The number of para-hydroxylation sites is 1. The van der Waals surface area contributed by atoms with Crippen LogP contribution in [0.5, 0.6) is 5.75 Å². The third-order valence-corrected chi connectivity index (χ3v) is 2.24. The Morgan fingerprint density at radius 1 is 1.12 bits per heavy atom. The van der Waals surface area contributed by atoms with Crippen LogP contribution >= 0.6 is 0 Å².